The summed E-state index contributed by atoms with van der Waals surface area (Å²) in [4.78, 5) is 25.1. The molecule has 0 spiro atoms. The van der Waals surface area contributed by atoms with Crippen molar-refractivity contribution in [1.29, 1.82) is 0 Å². The lowest BCUT2D eigenvalue weighted by molar-refractivity contribution is -0.136. The summed E-state index contributed by atoms with van der Waals surface area (Å²) >= 11 is 0. The van der Waals surface area contributed by atoms with Crippen LogP contribution in [-0.2, 0) is 9.59 Å². The molecular formula is C11H18N2O2. The average molecular weight is 210 g/mol. The molecule has 4 nitrogen and oxygen atoms in total. The minimum absolute atomic E-state index is 0.0450. The summed E-state index contributed by atoms with van der Waals surface area (Å²) in [6.07, 6.45) is 0.364. The zero-order valence-electron chi connectivity index (χ0n) is 9.59. The molecule has 1 fully saturated rings. The first-order chi connectivity index (χ1) is 6.83. The largest absolute Gasteiger partial charge is 0.342 e. The Hall–Kier alpha value is -1.32. The Balaban J connectivity index is 2.85. The molecule has 0 saturated carbocycles. The van der Waals surface area contributed by atoms with Crippen molar-refractivity contribution in [2.24, 2.45) is 0 Å². The van der Waals surface area contributed by atoms with Gasteiger partial charge in [0.15, 0.2) is 0 Å². The lowest BCUT2D eigenvalue weighted by Gasteiger charge is -2.28. The molecule has 84 valence electrons. The Morgan fingerprint density at radius 3 is 2.67 bits per heavy atom. The Morgan fingerprint density at radius 1 is 1.53 bits per heavy atom. The normalized spacial score (nSPS) is 20.9. The van der Waals surface area contributed by atoms with Gasteiger partial charge >= 0.3 is 0 Å². The number of amides is 2. The molecule has 0 radical (unpaired) electrons. The van der Waals surface area contributed by atoms with E-state index >= 15 is 0 Å². The van der Waals surface area contributed by atoms with E-state index in [1.165, 1.54) is 0 Å². The van der Waals surface area contributed by atoms with Crippen molar-refractivity contribution in [3.63, 3.8) is 0 Å². The van der Waals surface area contributed by atoms with Crippen LogP contribution in [0.15, 0.2) is 12.2 Å². The van der Waals surface area contributed by atoms with Gasteiger partial charge in [-0.2, -0.15) is 0 Å². The van der Waals surface area contributed by atoms with Crippen LogP contribution in [0.3, 0.4) is 0 Å². The van der Waals surface area contributed by atoms with Crippen LogP contribution >= 0.6 is 0 Å². The summed E-state index contributed by atoms with van der Waals surface area (Å²) in [5.74, 6) is -0.117. The van der Waals surface area contributed by atoms with Gasteiger partial charge in [0.1, 0.15) is 5.54 Å². The lowest BCUT2D eigenvalue weighted by atomic mass is 10.0. The number of carbonyl (C=O) groups excluding carboxylic acids is 2. The minimum Gasteiger partial charge on any atom is -0.342 e. The number of hydrogen-bond acceptors (Lipinski definition) is 2. The predicted molar refractivity (Wildman–Crippen MR) is 58.2 cm³/mol. The van der Waals surface area contributed by atoms with Crippen molar-refractivity contribution >= 4 is 11.8 Å². The first-order valence-corrected chi connectivity index (χ1v) is 5.07. The third-order valence-electron chi connectivity index (χ3n) is 2.34. The molecule has 0 aromatic rings. The van der Waals surface area contributed by atoms with Crippen molar-refractivity contribution in [2.75, 3.05) is 13.1 Å². The highest BCUT2D eigenvalue weighted by atomic mass is 16.2. The van der Waals surface area contributed by atoms with Crippen molar-refractivity contribution < 1.29 is 9.59 Å². The van der Waals surface area contributed by atoms with E-state index in [2.05, 4.69) is 11.9 Å². The number of carbonyl (C=O) groups is 2. The van der Waals surface area contributed by atoms with Gasteiger partial charge < -0.3 is 10.2 Å². The van der Waals surface area contributed by atoms with Crippen LogP contribution in [0.4, 0.5) is 0 Å². The molecule has 0 bridgehead atoms. The lowest BCUT2D eigenvalue weighted by Crippen LogP contribution is -2.53. The van der Waals surface area contributed by atoms with Gasteiger partial charge in [-0.05, 0) is 20.8 Å². The van der Waals surface area contributed by atoms with E-state index in [1.54, 1.807) is 18.7 Å². The quantitative estimate of drug-likeness (QED) is 0.682. The molecule has 1 aliphatic rings. The highest BCUT2D eigenvalue weighted by Gasteiger charge is 2.36. The van der Waals surface area contributed by atoms with Crippen molar-refractivity contribution in [3.05, 3.63) is 12.2 Å². The van der Waals surface area contributed by atoms with E-state index in [-0.39, 0.29) is 11.8 Å². The van der Waals surface area contributed by atoms with Crippen LogP contribution in [0.1, 0.15) is 27.2 Å². The average Bonchev–Trinajstić information content (AvgIpc) is 2.16. The standard InChI is InChI=1S/C11H18N2O2/c1-8(2)7-13-6-5-9(14)12-11(3,4)10(13)15/h1,5-7H2,2-4H3,(H,12,14). The fourth-order valence-corrected chi connectivity index (χ4v) is 1.67. The van der Waals surface area contributed by atoms with Crippen LogP contribution in [0.5, 0.6) is 0 Å². The number of hydrogen-bond donors (Lipinski definition) is 1. The maximum Gasteiger partial charge on any atom is 0.248 e. The van der Waals surface area contributed by atoms with Crippen LogP contribution in [0.25, 0.3) is 0 Å². The van der Waals surface area contributed by atoms with Crippen LogP contribution < -0.4 is 5.32 Å². The molecule has 0 unspecified atom stereocenters. The topological polar surface area (TPSA) is 49.4 Å². The molecular weight excluding hydrogens is 192 g/mol. The minimum atomic E-state index is -0.803. The van der Waals surface area contributed by atoms with Gasteiger partial charge in [0, 0.05) is 19.5 Å². The second kappa shape index (κ2) is 4.04. The predicted octanol–water partition coefficient (Wildman–Crippen LogP) is 0.690. The summed E-state index contributed by atoms with van der Waals surface area (Å²) in [6.45, 7) is 10.1. The monoisotopic (exact) mass is 210 g/mol. The van der Waals surface area contributed by atoms with E-state index < -0.39 is 5.54 Å². The highest BCUT2D eigenvalue weighted by Crippen LogP contribution is 2.14. The van der Waals surface area contributed by atoms with Gasteiger partial charge in [-0.15, -0.1) is 0 Å². The maximum atomic E-state index is 12.0. The van der Waals surface area contributed by atoms with Gasteiger partial charge in [-0.3, -0.25) is 9.59 Å². The maximum absolute atomic E-state index is 12.0. The third kappa shape index (κ3) is 2.81. The van der Waals surface area contributed by atoms with Crippen LogP contribution in [0.2, 0.25) is 0 Å². The first-order valence-electron chi connectivity index (χ1n) is 5.07. The highest BCUT2D eigenvalue weighted by molar-refractivity contribution is 5.92. The van der Waals surface area contributed by atoms with Gasteiger partial charge in [-0.25, -0.2) is 0 Å². The first kappa shape index (κ1) is 11.8. The Labute approximate surface area is 90.3 Å². The molecule has 4 heteroatoms. The zero-order chi connectivity index (χ0) is 11.6. The SMILES string of the molecule is C=C(C)CN1CCC(=O)NC(C)(C)C1=O. The summed E-state index contributed by atoms with van der Waals surface area (Å²) < 4.78 is 0. The van der Waals surface area contributed by atoms with E-state index in [4.69, 9.17) is 0 Å². The van der Waals surface area contributed by atoms with E-state index in [1.807, 2.05) is 6.92 Å². The Kier molecular flexibility index (Phi) is 3.17. The van der Waals surface area contributed by atoms with Gasteiger partial charge in [0.25, 0.3) is 0 Å². The zero-order valence-corrected chi connectivity index (χ0v) is 9.59. The van der Waals surface area contributed by atoms with Gasteiger partial charge in [0.05, 0.1) is 0 Å². The molecule has 15 heavy (non-hydrogen) atoms. The molecule has 0 aliphatic carbocycles. The smallest absolute Gasteiger partial charge is 0.248 e. The van der Waals surface area contributed by atoms with E-state index in [9.17, 15) is 9.59 Å². The Morgan fingerprint density at radius 2 is 2.13 bits per heavy atom. The van der Waals surface area contributed by atoms with E-state index in [0.717, 1.165) is 5.57 Å². The summed E-state index contributed by atoms with van der Waals surface area (Å²) in [5.41, 5.74) is 0.122. The third-order valence-corrected chi connectivity index (χ3v) is 2.34. The van der Waals surface area contributed by atoms with Gasteiger partial charge in [0.2, 0.25) is 11.8 Å². The summed E-state index contributed by atoms with van der Waals surface area (Å²) in [6, 6.07) is 0. The van der Waals surface area contributed by atoms with Crippen molar-refractivity contribution in [2.45, 2.75) is 32.7 Å². The molecule has 0 aromatic carbocycles. The fourth-order valence-electron chi connectivity index (χ4n) is 1.67. The van der Waals surface area contributed by atoms with Crippen molar-refractivity contribution in [3.8, 4) is 0 Å². The molecule has 1 saturated heterocycles. The Bertz CT molecular complexity index is 308. The fraction of sp³-hybridized carbons (Fsp3) is 0.636. The summed E-state index contributed by atoms with van der Waals surface area (Å²) in [7, 11) is 0. The molecule has 0 aromatic heterocycles. The summed E-state index contributed by atoms with van der Waals surface area (Å²) in [5, 5.41) is 2.71. The number of rotatable bonds is 2. The molecule has 1 rings (SSSR count). The van der Waals surface area contributed by atoms with Crippen LogP contribution in [-0.4, -0.2) is 35.3 Å². The number of nitrogens with one attached hydrogen (secondary N) is 1. The van der Waals surface area contributed by atoms with Gasteiger partial charge in [-0.1, -0.05) is 12.2 Å². The molecule has 1 N–H and O–H groups in total. The second-order valence-electron chi connectivity index (χ2n) is 4.61. The molecule has 1 aliphatic heterocycles. The van der Waals surface area contributed by atoms with Crippen LogP contribution in [0, 0.1) is 0 Å². The van der Waals surface area contributed by atoms with Crippen molar-refractivity contribution in [1.82, 2.24) is 10.2 Å². The van der Waals surface area contributed by atoms with E-state index in [0.29, 0.717) is 19.5 Å². The second-order valence-corrected chi connectivity index (χ2v) is 4.61. The molecule has 0 atom stereocenters. The molecule has 2 amide bonds. The number of nitrogens with zero attached hydrogens (tertiary/aromatic N) is 1. The molecule has 1 heterocycles.